The first-order valence-electron chi connectivity index (χ1n) is 55.0. The van der Waals surface area contributed by atoms with Crippen molar-refractivity contribution in [1.82, 2.24) is 88.2 Å². The van der Waals surface area contributed by atoms with E-state index in [0.29, 0.717) is 50.7 Å². The Labute approximate surface area is 832 Å². The van der Waals surface area contributed by atoms with Crippen LogP contribution in [-0.2, 0) is 9.47 Å². The molecule has 0 aromatic heterocycles. The average molecular weight is 1930 g/mol. The van der Waals surface area contributed by atoms with E-state index in [1.165, 1.54) is 241 Å². The summed E-state index contributed by atoms with van der Waals surface area (Å²) in [5.41, 5.74) is 3.70. The Morgan fingerprint density at radius 1 is 0.341 bits per heavy atom. The maximum Gasteiger partial charge on any atom is 0.257 e. The minimum absolute atomic E-state index is 0.0714. The number of likely N-dealkylation sites (N-methyl/N-ethyl adjacent to an activating group) is 2. The first kappa shape index (κ1) is 124. The molecule has 14 fully saturated rings. The van der Waals surface area contributed by atoms with Gasteiger partial charge >= 0.3 is 0 Å². The summed E-state index contributed by atoms with van der Waals surface area (Å²) in [6, 6.07) is 2.63. The van der Waals surface area contributed by atoms with Gasteiger partial charge in [-0.2, -0.15) is 0 Å². The SMILES string of the molecule is CC(C)(C)N1CCC2(CC1)COC2.CC(C)(C)N1CCC2CCCCC2C1.CC(C)(C)N1CCN(C2CC2)CC1.CC(C)(C)N1CCN(C2CCC2)CC1.CC(C)(C)N1CCN(CC(F)F)CC1.CC(C)(C)N1CCN(CCF)CC1.CC(F)(F)CN1CCN(C(C)(C)C)CC1.CCCN1CCN(C(C)(C)C)CC1.CCN1CCN(C(C)(C)C)CC1.COCCN(C)C1CN(C(C)(C)C)C1. The van der Waals surface area contributed by atoms with Crippen molar-refractivity contribution in [3.8, 4) is 0 Å². The molecule has 0 aromatic rings. The van der Waals surface area contributed by atoms with E-state index in [1.807, 2.05) is 9.80 Å². The van der Waals surface area contributed by atoms with Gasteiger partial charge in [0.1, 0.15) is 6.67 Å². The first-order valence-corrected chi connectivity index (χ1v) is 55.0. The second-order valence-electron chi connectivity index (χ2n) is 52.9. The zero-order chi connectivity index (χ0) is 102. The highest BCUT2D eigenvalue weighted by molar-refractivity contribution is 4.98. The monoisotopic (exact) mass is 1930 g/mol. The van der Waals surface area contributed by atoms with Crippen molar-refractivity contribution in [2.75, 3.05) is 302 Å². The maximum absolute atomic E-state index is 12.8. The number of piperazine rings is 7. The molecule has 3 aliphatic carbocycles. The van der Waals surface area contributed by atoms with Gasteiger partial charge in [0.05, 0.1) is 32.9 Å². The summed E-state index contributed by atoms with van der Waals surface area (Å²) >= 11 is 0. The Kier molecular flexibility index (Phi) is 52.2. The third kappa shape index (κ3) is 47.5. The Morgan fingerprint density at radius 3 is 0.948 bits per heavy atom. The number of halogens is 5. The van der Waals surface area contributed by atoms with Crippen LogP contribution in [0.1, 0.15) is 312 Å². The molecule has 14 rings (SSSR count). The van der Waals surface area contributed by atoms with Crippen LogP contribution in [-0.4, -0.2) is 477 Å². The molecule has 0 N–H and O–H groups in total. The molecule has 0 amide bonds. The summed E-state index contributed by atoms with van der Waals surface area (Å²) in [5, 5.41) is 0. The molecule has 11 heterocycles. The highest BCUT2D eigenvalue weighted by atomic mass is 19.3. The van der Waals surface area contributed by atoms with Crippen molar-refractivity contribution in [2.45, 2.75) is 398 Å². The van der Waals surface area contributed by atoms with Gasteiger partial charge in [-0.05, 0) is 317 Å². The van der Waals surface area contributed by atoms with Crippen molar-refractivity contribution in [2.24, 2.45) is 17.3 Å². The Bertz CT molecular complexity index is 3000. The van der Waals surface area contributed by atoms with Gasteiger partial charge in [-0.1, -0.05) is 39.5 Å². The molecule has 20 nitrogen and oxygen atoms in total. The van der Waals surface area contributed by atoms with Crippen LogP contribution in [0.15, 0.2) is 0 Å². The van der Waals surface area contributed by atoms with Gasteiger partial charge < -0.3 is 19.3 Å². The highest BCUT2D eigenvalue weighted by Gasteiger charge is 2.44. The fraction of sp³-hybridized carbons (Fsp3) is 1.00. The lowest BCUT2D eigenvalue weighted by Gasteiger charge is -2.50. The predicted molar refractivity (Wildman–Crippen MR) is 569 cm³/mol. The van der Waals surface area contributed by atoms with E-state index in [4.69, 9.17) is 9.47 Å². The van der Waals surface area contributed by atoms with Gasteiger partial charge in [0.15, 0.2) is 0 Å². The third-order valence-electron chi connectivity index (χ3n) is 32.0. The van der Waals surface area contributed by atoms with Gasteiger partial charge in [0, 0.05) is 309 Å². The number of nitrogens with zero attached hydrogens (tertiary/aromatic N) is 18. The average Bonchev–Trinajstić information content (AvgIpc) is 1.39. The number of hydrogen-bond donors (Lipinski definition) is 0. The fourth-order valence-electron chi connectivity index (χ4n) is 21.2. The van der Waals surface area contributed by atoms with E-state index in [2.05, 4.69) is 307 Å². The normalized spacial score (nSPS) is 25.1. The predicted octanol–water partition coefficient (Wildman–Crippen LogP) is 18.1. The number of likely N-dealkylation sites (tertiary alicyclic amines) is 3. The molecule has 3 saturated carbocycles. The van der Waals surface area contributed by atoms with Crippen LogP contribution in [0, 0.1) is 17.3 Å². The van der Waals surface area contributed by atoms with E-state index in [1.54, 1.807) is 7.11 Å². The van der Waals surface area contributed by atoms with E-state index >= 15 is 0 Å². The van der Waals surface area contributed by atoms with Crippen LogP contribution in [0.4, 0.5) is 22.0 Å². The van der Waals surface area contributed by atoms with Gasteiger partial charge in [-0.15, -0.1) is 0 Å². The summed E-state index contributed by atoms with van der Waals surface area (Å²) in [6.45, 7) is 119. The smallest absolute Gasteiger partial charge is 0.257 e. The molecule has 11 aliphatic heterocycles. The number of methoxy groups -OCH3 is 1. The van der Waals surface area contributed by atoms with Crippen LogP contribution < -0.4 is 0 Å². The standard InChI is InChI=1S/C13H25N.C12H24N2.C11H22F2N2.C11H24N2O.C11H22N2.C11H24N2.C11H21NO.C10H20F2N2.C10H21FN2.C10H22N2/c1-13(2,3)14-9-8-11-6-4-5-7-12(11)10-14;1-12(2,3)14-9-7-13(8-10-14)11-5-4-6-11;1-10(2,3)15-7-5-14(6-8-15)9-11(4,12)13;1-11(2,3)13-8-10(9-13)12(4)6-7-14-5;1-11(2,3)13-8-6-12(7-9-13)10-4-5-10;1-5-6-12-7-9-13(10-8-12)11(2,3)4;1-10(2,3)12-6-4-11(5-7-12)8-13-9-11;1-10(2,3)14-6-4-13(5-7-14)8-9(11)12;1-10(2,3)13-8-6-12(5-4-11)7-9-13;1-5-11-6-8-12(9-7-11)10(2,3)4/h11-12H,4-10H2,1-3H3;11H,4-10H2,1-3H3;5-9H2,1-4H3;10H,6-9H2,1-5H3;10H,4-9H2,1-3H3;5-10H2,1-4H3;4-9H2,1-3H3;9H,4-8H2,1-3H3;4-9H2,1-3H3;5-9H2,1-4H3. The molecular weight excluding hydrogens is 1700 g/mol. The van der Waals surface area contributed by atoms with Crippen LogP contribution >= 0.6 is 0 Å². The highest BCUT2D eigenvalue weighted by Crippen LogP contribution is 2.41. The van der Waals surface area contributed by atoms with E-state index in [0.717, 1.165) is 142 Å². The number of rotatable bonds is 15. The molecule has 802 valence electrons. The molecule has 14 aliphatic rings. The summed E-state index contributed by atoms with van der Waals surface area (Å²) in [7, 11) is 3.94. The Hall–Kier alpha value is -1.15. The number of hydrogen-bond acceptors (Lipinski definition) is 20. The van der Waals surface area contributed by atoms with Crippen molar-refractivity contribution in [1.29, 1.82) is 0 Å². The number of alkyl halides is 5. The van der Waals surface area contributed by atoms with Crippen molar-refractivity contribution >= 4 is 0 Å². The first-order chi connectivity index (χ1) is 62.4. The maximum atomic E-state index is 12.8. The minimum Gasteiger partial charge on any atom is -0.383 e. The van der Waals surface area contributed by atoms with Crippen LogP contribution in [0.25, 0.3) is 0 Å². The molecule has 25 heteroatoms. The van der Waals surface area contributed by atoms with E-state index in [-0.39, 0.29) is 36.4 Å². The summed E-state index contributed by atoms with van der Waals surface area (Å²) < 4.78 is 72.2. The largest absolute Gasteiger partial charge is 0.383 e. The van der Waals surface area contributed by atoms with Gasteiger partial charge in [0.2, 0.25) is 0 Å². The number of fused-ring (bicyclic) bond motifs is 1. The molecule has 2 unspecified atom stereocenters. The molecule has 2 atom stereocenters. The molecule has 0 radical (unpaired) electrons. The van der Waals surface area contributed by atoms with Crippen LogP contribution in [0.2, 0.25) is 0 Å². The zero-order valence-corrected chi connectivity index (χ0v) is 95.5. The second-order valence-corrected chi connectivity index (χ2v) is 52.9. The van der Waals surface area contributed by atoms with Crippen molar-refractivity contribution in [3.05, 3.63) is 0 Å². The van der Waals surface area contributed by atoms with Gasteiger partial charge in [-0.25, -0.2) is 22.0 Å². The fourth-order valence-corrected chi connectivity index (χ4v) is 21.2. The molecular formula is C110H225F5N18O2. The Morgan fingerprint density at radius 2 is 0.659 bits per heavy atom. The molecule has 0 aromatic carbocycles. The summed E-state index contributed by atoms with van der Waals surface area (Å²) in [4.78, 5) is 44.1. The van der Waals surface area contributed by atoms with Gasteiger partial charge in [0.25, 0.3) is 12.3 Å². The molecule has 135 heavy (non-hydrogen) atoms. The van der Waals surface area contributed by atoms with Gasteiger partial charge in [-0.3, -0.25) is 78.4 Å². The number of ether oxygens (including phenoxy) is 2. The topological polar surface area (TPSA) is 76.8 Å². The van der Waals surface area contributed by atoms with E-state index in [9.17, 15) is 22.0 Å². The van der Waals surface area contributed by atoms with Crippen LogP contribution in [0.5, 0.6) is 0 Å². The zero-order valence-electron chi connectivity index (χ0n) is 95.5. The Balaban J connectivity index is 0.000000265. The van der Waals surface area contributed by atoms with Crippen LogP contribution in [0.3, 0.4) is 0 Å². The lowest BCUT2D eigenvalue weighted by Crippen LogP contribution is -2.64. The van der Waals surface area contributed by atoms with E-state index < -0.39 is 12.3 Å². The minimum atomic E-state index is -2.57. The van der Waals surface area contributed by atoms with Crippen molar-refractivity contribution < 1.29 is 31.4 Å². The third-order valence-corrected chi connectivity index (χ3v) is 32.0. The van der Waals surface area contributed by atoms with Crippen molar-refractivity contribution in [3.63, 3.8) is 0 Å². The quantitative estimate of drug-likeness (QED) is 0.146. The molecule has 1 spiro atoms. The second kappa shape index (κ2) is 56.7. The number of piperidine rings is 2. The summed E-state index contributed by atoms with van der Waals surface area (Å²) in [6.07, 6.45) is 16.5. The molecule has 0 bridgehead atoms. The lowest BCUT2D eigenvalue weighted by molar-refractivity contribution is -0.145. The molecule has 11 saturated heterocycles. The lowest BCUT2D eigenvalue weighted by atomic mass is 9.74. The summed E-state index contributed by atoms with van der Waals surface area (Å²) in [5.74, 6) is -0.469.